The Hall–Kier alpha value is -2.86. The maximum atomic E-state index is 5.22. The molecule has 0 radical (unpaired) electrons. The lowest BCUT2D eigenvalue weighted by molar-refractivity contribution is 0.132. The molecule has 0 N–H and O–H groups in total. The van der Waals surface area contributed by atoms with Crippen molar-refractivity contribution in [3.05, 3.63) is 77.3 Å². The van der Waals surface area contributed by atoms with Gasteiger partial charge in [0.1, 0.15) is 11.6 Å². The van der Waals surface area contributed by atoms with Crippen molar-refractivity contribution in [3.63, 3.8) is 0 Å². The molecule has 6 nitrogen and oxygen atoms in total. The van der Waals surface area contributed by atoms with Crippen molar-refractivity contribution in [2.45, 2.75) is 58.0 Å². The summed E-state index contributed by atoms with van der Waals surface area (Å²) in [6.07, 6.45) is 10.5. The molecule has 0 unspecified atom stereocenters. The molecule has 2 aliphatic heterocycles. The first-order valence-electron chi connectivity index (χ1n) is 11.9. The molecule has 166 valence electrons. The number of likely N-dealkylation sites (tertiary alicyclic amines) is 1. The van der Waals surface area contributed by atoms with E-state index in [0.717, 1.165) is 80.6 Å². The van der Waals surface area contributed by atoms with Crippen molar-refractivity contribution in [3.8, 4) is 0 Å². The van der Waals surface area contributed by atoms with Gasteiger partial charge in [-0.05, 0) is 63.4 Å². The summed E-state index contributed by atoms with van der Waals surface area (Å²) in [5, 5.41) is 0. The maximum Gasteiger partial charge on any atom is 0.148 e. The molecule has 3 aromatic heterocycles. The van der Waals surface area contributed by atoms with Gasteiger partial charge in [0, 0.05) is 55.4 Å². The van der Waals surface area contributed by atoms with Crippen LogP contribution >= 0.6 is 0 Å². The first kappa shape index (κ1) is 21.0. The smallest absolute Gasteiger partial charge is 0.148 e. The minimum atomic E-state index is 0.259. The van der Waals surface area contributed by atoms with Gasteiger partial charge < -0.3 is 4.90 Å². The van der Waals surface area contributed by atoms with Crippen LogP contribution in [0.3, 0.4) is 0 Å². The third kappa shape index (κ3) is 4.65. The second kappa shape index (κ2) is 9.74. The van der Waals surface area contributed by atoms with Crippen LogP contribution < -0.4 is 4.90 Å². The molecule has 1 saturated heterocycles. The number of aromatic nitrogens is 4. The van der Waals surface area contributed by atoms with Gasteiger partial charge in [0.25, 0.3) is 0 Å². The molecule has 0 amide bonds. The topological polar surface area (TPSA) is 58.0 Å². The Morgan fingerprint density at radius 2 is 1.72 bits per heavy atom. The molecule has 0 aromatic carbocycles. The van der Waals surface area contributed by atoms with E-state index in [1.54, 1.807) is 0 Å². The fourth-order valence-electron chi connectivity index (χ4n) is 5.04. The summed E-state index contributed by atoms with van der Waals surface area (Å²) in [4.78, 5) is 24.3. The zero-order valence-corrected chi connectivity index (χ0v) is 19.0. The van der Waals surface area contributed by atoms with Crippen molar-refractivity contribution in [2.24, 2.45) is 0 Å². The second-order valence-corrected chi connectivity index (χ2v) is 8.93. The molecule has 32 heavy (non-hydrogen) atoms. The van der Waals surface area contributed by atoms with Gasteiger partial charge in [-0.1, -0.05) is 18.6 Å². The number of nitrogens with zero attached hydrogens (tertiary/aromatic N) is 6. The van der Waals surface area contributed by atoms with Crippen molar-refractivity contribution in [2.75, 3.05) is 24.5 Å². The average molecular weight is 429 g/mol. The highest BCUT2D eigenvalue weighted by atomic mass is 15.2. The molecule has 5 heterocycles. The summed E-state index contributed by atoms with van der Waals surface area (Å²) >= 11 is 0. The summed E-state index contributed by atoms with van der Waals surface area (Å²) in [7, 11) is 0. The number of hydrogen-bond acceptors (Lipinski definition) is 6. The van der Waals surface area contributed by atoms with Crippen molar-refractivity contribution in [1.82, 2.24) is 24.8 Å². The lowest BCUT2D eigenvalue weighted by atomic mass is 9.99. The van der Waals surface area contributed by atoms with E-state index in [1.807, 2.05) is 24.5 Å². The Bertz CT molecular complexity index is 1020. The van der Waals surface area contributed by atoms with E-state index in [-0.39, 0.29) is 6.04 Å². The largest absolute Gasteiger partial charge is 0.356 e. The fourth-order valence-corrected chi connectivity index (χ4v) is 5.04. The number of aryl methyl sites for hydroxylation is 1. The Morgan fingerprint density at radius 3 is 2.50 bits per heavy atom. The summed E-state index contributed by atoms with van der Waals surface area (Å²) in [5.74, 6) is 2.14. The van der Waals surface area contributed by atoms with Gasteiger partial charge in [0.2, 0.25) is 0 Å². The highest BCUT2D eigenvalue weighted by molar-refractivity contribution is 5.51. The van der Waals surface area contributed by atoms with Gasteiger partial charge in [-0.25, -0.2) is 9.97 Å². The van der Waals surface area contributed by atoms with Crippen molar-refractivity contribution < 1.29 is 0 Å². The van der Waals surface area contributed by atoms with Crippen LogP contribution in [0.2, 0.25) is 0 Å². The molecule has 0 saturated carbocycles. The standard InChI is InChI=1S/C26H32N6/c1-20-23-11-8-17-31(18-13-21-9-2-5-14-27-21)26(23)30-25(29-20)24-12-4-7-16-32(24)19-22-10-3-6-15-28-22/h2-3,5-6,9-10,14-15,24H,4,7-8,11-13,16-19H2,1H3/t24-/m1/s1. The van der Waals surface area contributed by atoms with Gasteiger partial charge in [-0.2, -0.15) is 0 Å². The van der Waals surface area contributed by atoms with E-state index in [2.05, 4.69) is 51.0 Å². The lowest BCUT2D eigenvalue weighted by Gasteiger charge is -2.36. The van der Waals surface area contributed by atoms with Crippen LogP contribution in [-0.4, -0.2) is 44.5 Å². The first-order chi connectivity index (χ1) is 15.8. The van der Waals surface area contributed by atoms with Crippen molar-refractivity contribution >= 4 is 5.82 Å². The Labute approximate surface area is 190 Å². The molecule has 1 atom stereocenters. The third-order valence-electron chi connectivity index (χ3n) is 6.73. The highest BCUT2D eigenvalue weighted by Crippen LogP contribution is 2.34. The van der Waals surface area contributed by atoms with E-state index >= 15 is 0 Å². The molecule has 2 aliphatic rings. The highest BCUT2D eigenvalue weighted by Gasteiger charge is 2.29. The van der Waals surface area contributed by atoms with Crippen LogP contribution in [0, 0.1) is 6.92 Å². The number of rotatable bonds is 6. The average Bonchev–Trinajstić information content (AvgIpc) is 2.84. The van der Waals surface area contributed by atoms with E-state index in [4.69, 9.17) is 9.97 Å². The zero-order valence-electron chi connectivity index (χ0n) is 19.0. The number of hydrogen-bond donors (Lipinski definition) is 0. The summed E-state index contributed by atoms with van der Waals surface area (Å²) in [6, 6.07) is 12.6. The van der Waals surface area contributed by atoms with Gasteiger partial charge in [-0.3, -0.25) is 14.9 Å². The van der Waals surface area contributed by atoms with E-state index in [9.17, 15) is 0 Å². The molecule has 0 spiro atoms. The van der Waals surface area contributed by atoms with E-state index in [1.165, 1.54) is 18.4 Å². The fraction of sp³-hybridized carbons (Fsp3) is 0.462. The number of pyridine rings is 2. The van der Waals surface area contributed by atoms with Gasteiger partial charge in [0.05, 0.1) is 11.7 Å². The predicted molar refractivity (Wildman–Crippen MR) is 126 cm³/mol. The Kier molecular flexibility index (Phi) is 6.39. The predicted octanol–water partition coefficient (Wildman–Crippen LogP) is 4.30. The van der Waals surface area contributed by atoms with Crippen LogP contribution in [-0.2, 0) is 19.4 Å². The lowest BCUT2D eigenvalue weighted by Crippen LogP contribution is -2.37. The molecule has 5 rings (SSSR count). The minimum Gasteiger partial charge on any atom is -0.356 e. The summed E-state index contributed by atoms with van der Waals surface area (Å²) in [6.45, 7) is 6.09. The van der Waals surface area contributed by atoms with Gasteiger partial charge >= 0.3 is 0 Å². The number of anilines is 1. The third-order valence-corrected chi connectivity index (χ3v) is 6.73. The van der Waals surface area contributed by atoms with Crippen molar-refractivity contribution in [1.29, 1.82) is 0 Å². The number of piperidine rings is 1. The molecule has 0 aliphatic carbocycles. The van der Waals surface area contributed by atoms with E-state index < -0.39 is 0 Å². The minimum absolute atomic E-state index is 0.259. The Balaban J connectivity index is 1.40. The molecule has 3 aromatic rings. The molecule has 0 bridgehead atoms. The Morgan fingerprint density at radius 1 is 0.906 bits per heavy atom. The SMILES string of the molecule is Cc1nc([C@H]2CCCCN2Cc2ccccn2)nc2c1CCCN2CCc1ccccn1. The molecular formula is C26H32N6. The summed E-state index contributed by atoms with van der Waals surface area (Å²) < 4.78 is 0. The van der Waals surface area contributed by atoms with Crippen LogP contribution in [0.5, 0.6) is 0 Å². The normalized spacial score (nSPS) is 19.0. The first-order valence-corrected chi connectivity index (χ1v) is 11.9. The molecular weight excluding hydrogens is 396 g/mol. The molecule has 6 heteroatoms. The maximum absolute atomic E-state index is 5.22. The monoisotopic (exact) mass is 428 g/mol. The van der Waals surface area contributed by atoms with E-state index in [0.29, 0.717) is 0 Å². The van der Waals surface area contributed by atoms with Crippen LogP contribution in [0.15, 0.2) is 48.8 Å². The summed E-state index contributed by atoms with van der Waals surface area (Å²) in [5.41, 5.74) is 4.73. The quantitative estimate of drug-likeness (QED) is 0.584. The van der Waals surface area contributed by atoms with Crippen LogP contribution in [0.25, 0.3) is 0 Å². The van der Waals surface area contributed by atoms with Gasteiger partial charge in [0.15, 0.2) is 0 Å². The van der Waals surface area contributed by atoms with Crippen LogP contribution in [0.4, 0.5) is 5.82 Å². The van der Waals surface area contributed by atoms with Gasteiger partial charge in [-0.15, -0.1) is 0 Å². The second-order valence-electron chi connectivity index (χ2n) is 8.93. The van der Waals surface area contributed by atoms with Crippen LogP contribution in [0.1, 0.15) is 60.2 Å². The molecule has 1 fully saturated rings. The number of fused-ring (bicyclic) bond motifs is 1. The zero-order chi connectivity index (χ0) is 21.8.